The quantitative estimate of drug-likeness (QED) is 0.595. The van der Waals surface area contributed by atoms with Crippen molar-refractivity contribution in [1.29, 1.82) is 0 Å². The molecule has 0 bridgehead atoms. The van der Waals surface area contributed by atoms with Gasteiger partial charge in [0.25, 0.3) is 0 Å². The number of nitrogens with one attached hydrogen (secondary N) is 1. The van der Waals surface area contributed by atoms with E-state index in [4.69, 9.17) is 15.3 Å². The minimum Gasteiger partial charge on any atom is -0.493 e. The minimum atomic E-state index is -0.222. The summed E-state index contributed by atoms with van der Waals surface area (Å²) < 4.78 is 11.7. The second kappa shape index (κ2) is 7.07. The molecule has 0 aromatic heterocycles. The van der Waals surface area contributed by atoms with Crippen molar-refractivity contribution in [2.45, 2.75) is 50.7 Å². The van der Waals surface area contributed by atoms with Crippen molar-refractivity contribution in [3.63, 3.8) is 0 Å². The maximum atomic E-state index is 5.87. The second-order valence-corrected chi connectivity index (χ2v) is 5.46. The van der Waals surface area contributed by atoms with E-state index in [-0.39, 0.29) is 11.6 Å². The Morgan fingerprint density at radius 1 is 1.30 bits per heavy atom. The molecule has 3 N–H and O–H groups in total. The van der Waals surface area contributed by atoms with Crippen LogP contribution in [0.1, 0.15) is 50.6 Å². The summed E-state index contributed by atoms with van der Waals surface area (Å²) in [5.74, 6) is 6.76. The lowest BCUT2D eigenvalue weighted by Gasteiger charge is -2.36. The zero-order valence-electron chi connectivity index (χ0n) is 12.5. The Hall–Kier alpha value is -1.10. The molecule has 0 spiro atoms. The van der Waals surface area contributed by atoms with Crippen LogP contribution in [-0.4, -0.2) is 19.3 Å². The number of ether oxygens (including phenoxy) is 2. The Balaban J connectivity index is 2.31. The molecule has 0 saturated heterocycles. The fraction of sp³-hybridized carbons (Fsp3) is 0.625. The van der Waals surface area contributed by atoms with Crippen molar-refractivity contribution in [2.75, 3.05) is 13.7 Å². The number of methoxy groups -OCH3 is 1. The van der Waals surface area contributed by atoms with Crippen LogP contribution in [0.2, 0.25) is 0 Å². The van der Waals surface area contributed by atoms with Gasteiger partial charge in [0.15, 0.2) is 0 Å². The number of rotatable bonds is 7. The maximum absolute atomic E-state index is 5.87. The Bertz CT molecular complexity index is 417. The lowest BCUT2D eigenvalue weighted by atomic mass is 9.86. The fourth-order valence-electron chi connectivity index (χ4n) is 3.17. The van der Waals surface area contributed by atoms with E-state index < -0.39 is 0 Å². The van der Waals surface area contributed by atoms with Crippen LogP contribution in [0.3, 0.4) is 0 Å². The van der Waals surface area contributed by atoms with Gasteiger partial charge < -0.3 is 9.47 Å². The van der Waals surface area contributed by atoms with Crippen molar-refractivity contribution >= 4 is 0 Å². The summed E-state index contributed by atoms with van der Waals surface area (Å²) >= 11 is 0. The van der Waals surface area contributed by atoms with Crippen LogP contribution in [0.25, 0.3) is 0 Å². The summed E-state index contributed by atoms with van der Waals surface area (Å²) in [6, 6.07) is 8.07. The second-order valence-electron chi connectivity index (χ2n) is 5.46. The number of para-hydroxylation sites is 1. The third-order valence-corrected chi connectivity index (χ3v) is 4.24. The van der Waals surface area contributed by atoms with Gasteiger partial charge in [-0.25, -0.2) is 5.43 Å². The van der Waals surface area contributed by atoms with Gasteiger partial charge in [0, 0.05) is 12.7 Å². The van der Waals surface area contributed by atoms with Gasteiger partial charge in [-0.2, -0.15) is 0 Å². The van der Waals surface area contributed by atoms with E-state index in [2.05, 4.69) is 18.4 Å². The predicted octanol–water partition coefficient (Wildman–Crippen LogP) is 2.94. The molecule has 1 saturated carbocycles. The van der Waals surface area contributed by atoms with Crippen LogP contribution in [0.4, 0.5) is 0 Å². The number of hydrogen-bond acceptors (Lipinski definition) is 4. The summed E-state index contributed by atoms with van der Waals surface area (Å²) in [7, 11) is 1.78. The Morgan fingerprint density at radius 2 is 2.00 bits per heavy atom. The van der Waals surface area contributed by atoms with Crippen LogP contribution in [-0.2, 0) is 4.74 Å². The molecule has 20 heavy (non-hydrogen) atoms. The first-order valence-corrected chi connectivity index (χ1v) is 7.50. The van der Waals surface area contributed by atoms with Crippen molar-refractivity contribution < 1.29 is 9.47 Å². The monoisotopic (exact) mass is 278 g/mol. The van der Waals surface area contributed by atoms with E-state index in [1.807, 2.05) is 18.2 Å². The molecule has 4 nitrogen and oxygen atoms in total. The van der Waals surface area contributed by atoms with Crippen LogP contribution in [0, 0.1) is 0 Å². The van der Waals surface area contributed by atoms with Crippen LogP contribution < -0.4 is 16.0 Å². The molecule has 1 atom stereocenters. The van der Waals surface area contributed by atoms with Gasteiger partial charge in [0.1, 0.15) is 5.75 Å². The predicted molar refractivity (Wildman–Crippen MR) is 80.5 cm³/mol. The third-order valence-electron chi connectivity index (χ3n) is 4.24. The summed E-state index contributed by atoms with van der Waals surface area (Å²) in [5, 5.41) is 0. The number of hydrogen-bond donors (Lipinski definition) is 2. The van der Waals surface area contributed by atoms with Gasteiger partial charge in [-0.3, -0.25) is 5.84 Å². The highest BCUT2D eigenvalue weighted by molar-refractivity contribution is 5.38. The Kier molecular flexibility index (Phi) is 5.40. The van der Waals surface area contributed by atoms with Gasteiger partial charge in [0.2, 0.25) is 0 Å². The molecule has 0 radical (unpaired) electrons. The summed E-state index contributed by atoms with van der Waals surface area (Å²) in [6.07, 6.45) is 5.42. The van der Waals surface area contributed by atoms with Gasteiger partial charge in [-0.05, 0) is 25.3 Å². The molecule has 112 valence electrons. The van der Waals surface area contributed by atoms with Crippen molar-refractivity contribution in [2.24, 2.45) is 5.84 Å². The molecule has 1 fully saturated rings. The third kappa shape index (κ3) is 2.97. The molecular weight excluding hydrogens is 252 g/mol. The van der Waals surface area contributed by atoms with Gasteiger partial charge in [0.05, 0.1) is 18.2 Å². The van der Waals surface area contributed by atoms with Crippen LogP contribution in [0.5, 0.6) is 5.75 Å². The zero-order valence-corrected chi connectivity index (χ0v) is 12.5. The average molecular weight is 278 g/mol. The first-order chi connectivity index (χ1) is 9.77. The minimum absolute atomic E-state index is 0.0388. The van der Waals surface area contributed by atoms with E-state index >= 15 is 0 Å². The number of benzene rings is 1. The molecule has 2 rings (SSSR count). The van der Waals surface area contributed by atoms with Gasteiger partial charge >= 0.3 is 0 Å². The molecule has 0 heterocycles. The van der Waals surface area contributed by atoms with Crippen molar-refractivity contribution in [1.82, 2.24) is 5.43 Å². The van der Waals surface area contributed by atoms with Gasteiger partial charge in [-0.1, -0.05) is 38.0 Å². The Labute approximate surface area is 121 Å². The summed E-state index contributed by atoms with van der Waals surface area (Å²) in [4.78, 5) is 0. The smallest absolute Gasteiger partial charge is 0.124 e. The lowest BCUT2D eigenvalue weighted by molar-refractivity contribution is -0.0374. The SMILES string of the molecule is CCCOc1ccccc1C(NN)C1(OC)CCCC1. The highest BCUT2D eigenvalue weighted by Crippen LogP contribution is 2.44. The van der Waals surface area contributed by atoms with Gasteiger partial charge in [-0.15, -0.1) is 0 Å². The molecule has 1 aromatic carbocycles. The topological polar surface area (TPSA) is 56.5 Å². The summed E-state index contributed by atoms with van der Waals surface area (Å²) in [6.45, 7) is 2.82. The van der Waals surface area contributed by atoms with E-state index in [1.54, 1.807) is 7.11 Å². The number of nitrogens with two attached hydrogens (primary N) is 1. The summed E-state index contributed by atoms with van der Waals surface area (Å²) in [5.41, 5.74) is 3.83. The molecule has 1 aliphatic rings. The molecule has 0 amide bonds. The van der Waals surface area contributed by atoms with E-state index in [0.29, 0.717) is 6.61 Å². The maximum Gasteiger partial charge on any atom is 0.124 e. The van der Waals surface area contributed by atoms with Crippen LogP contribution in [0.15, 0.2) is 24.3 Å². The normalized spacial score (nSPS) is 18.9. The number of hydrazine groups is 1. The molecule has 1 aliphatic carbocycles. The first kappa shape index (κ1) is 15.3. The largest absolute Gasteiger partial charge is 0.493 e. The average Bonchev–Trinajstić information content (AvgIpc) is 2.97. The first-order valence-electron chi connectivity index (χ1n) is 7.50. The van der Waals surface area contributed by atoms with E-state index in [9.17, 15) is 0 Å². The Morgan fingerprint density at radius 3 is 2.60 bits per heavy atom. The molecule has 1 unspecified atom stereocenters. The van der Waals surface area contributed by atoms with E-state index in [0.717, 1.165) is 30.6 Å². The molecular formula is C16H26N2O2. The highest BCUT2D eigenvalue weighted by Gasteiger charge is 2.43. The van der Waals surface area contributed by atoms with Crippen molar-refractivity contribution in [3.05, 3.63) is 29.8 Å². The highest BCUT2D eigenvalue weighted by atomic mass is 16.5. The lowest BCUT2D eigenvalue weighted by Crippen LogP contribution is -2.46. The zero-order chi connectivity index (χ0) is 14.4. The van der Waals surface area contributed by atoms with E-state index in [1.165, 1.54) is 12.8 Å². The fourth-order valence-corrected chi connectivity index (χ4v) is 3.17. The molecule has 1 aromatic rings. The molecule has 4 heteroatoms. The van der Waals surface area contributed by atoms with Crippen LogP contribution >= 0.6 is 0 Å². The molecule has 0 aliphatic heterocycles. The van der Waals surface area contributed by atoms with Crippen molar-refractivity contribution in [3.8, 4) is 5.75 Å². The standard InChI is InChI=1S/C16H26N2O2/c1-3-12-20-14-9-5-4-8-13(14)15(18-17)16(19-2)10-6-7-11-16/h4-5,8-9,15,18H,3,6-7,10-12,17H2,1-2H3.